The molecule has 0 aliphatic heterocycles. The monoisotopic (exact) mass is 409 g/mol. The summed E-state index contributed by atoms with van der Waals surface area (Å²) in [7, 11) is 0. The summed E-state index contributed by atoms with van der Waals surface area (Å²) in [4.78, 5) is 25.4. The maximum Gasteiger partial charge on any atom is 0.416 e. The van der Waals surface area contributed by atoms with E-state index in [0.29, 0.717) is 10.6 Å². The summed E-state index contributed by atoms with van der Waals surface area (Å²) < 4.78 is 45.8. The molecule has 0 atom stereocenters. The van der Waals surface area contributed by atoms with Crippen molar-refractivity contribution in [2.75, 3.05) is 6.61 Å². The van der Waals surface area contributed by atoms with Gasteiger partial charge in [-0.3, -0.25) is 4.79 Å². The van der Waals surface area contributed by atoms with Crippen molar-refractivity contribution in [2.24, 2.45) is 0 Å². The van der Waals surface area contributed by atoms with Crippen LogP contribution in [0.5, 0.6) is 0 Å². The highest BCUT2D eigenvalue weighted by molar-refractivity contribution is 6.30. The molecular weight excluding hydrogens is 395 g/mol. The number of alkyl halides is 3. The summed E-state index contributed by atoms with van der Waals surface area (Å²) >= 11 is 5.85. The molecule has 0 bridgehead atoms. The van der Waals surface area contributed by atoms with Gasteiger partial charge >= 0.3 is 12.1 Å². The molecule has 0 amide bonds. The van der Waals surface area contributed by atoms with Crippen molar-refractivity contribution in [3.63, 3.8) is 0 Å². The first kappa shape index (κ1) is 19.9. The van der Waals surface area contributed by atoms with E-state index in [1.165, 1.54) is 35.6 Å². The normalized spacial score (nSPS) is 11.6. The predicted molar refractivity (Wildman–Crippen MR) is 98.0 cm³/mol. The zero-order chi connectivity index (χ0) is 20.6. The van der Waals surface area contributed by atoms with E-state index in [-0.39, 0.29) is 28.9 Å². The summed E-state index contributed by atoms with van der Waals surface area (Å²) in [6.45, 7) is 3.15. The van der Waals surface area contributed by atoms with Crippen molar-refractivity contribution in [3.05, 3.63) is 75.6 Å². The molecule has 28 heavy (non-hydrogen) atoms. The molecule has 2 heterocycles. The molecule has 0 aliphatic carbocycles. The van der Waals surface area contributed by atoms with E-state index >= 15 is 0 Å². The van der Waals surface area contributed by atoms with Gasteiger partial charge in [0, 0.05) is 16.8 Å². The van der Waals surface area contributed by atoms with Crippen molar-refractivity contribution in [3.8, 4) is 0 Å². The van der Waals surface area contributed by atoms with Crippen LogP contribution in [-0.4, -0.2) is 22.8 Å². The molecule has 8 heteroatoms. The Bertz CT molecular complexity index is 1070. The highest BCUT2D eigenvalue weighted by Crippen LogP contribution is 2.33. The largest absolute Gasteiger partial charge is 0.462 e. The number of ether oxygens (including phenoxy) is 1. The molecule has 1 aromatic carbocycles. The van der Waals surface area contributed by atoms with Crippen molar-refractivity contribution in [1.82, 2.24) is 4.40 Å². The van der Waals surface area contributed by atoms with Crippen LogP contribution < -0.4 is 0 Å². The number of fused-ring (bicyclic) bond motifs is 1. The lowest BCUT2D eigenvalue weighted by Gasteiger charge is -2.09. The third-order valence-electron chi connectivity index (χ3n) is 4.31. The topological polar surface area (TPSA) is 47.8 Å². The van der Waals surface area contributed by atoms with E-state index in [2.05, 4.69) is 0 Å². The summed E-state index contributed by atoms with van der Waals surface area (Å²) in [5.41, 5.74) is -0.393. The average molecular weight is 410 g/mol. The van der Waals surface area contributed by atoms with Gasteiger partial charge < -0.3 is 9.14 Å². The minimum atomic E-state index is -4.59. The molecule has 0 saturated carbocycles. The average Bonchev–Trinajstić information content (AvgIpc) is 2.92. The molecule has 0 aliphatic rings. The number of hydrogen-bond donors (Lipinski definition) is 0. The van der Waals surface area contributed by atoms with Crippen molar-refractivity contribution < 1.29 is 27.5 Å². The first-order chi connectivity index (χ1) is 13.1. The zero-order valence-electron chi connectivity index (χ0n) is 14.9. The Labute approximate surface area is 163 Å². The Morgan fingerprint density at radius 2 is 1.79 bits per heavy atom. The van der Waals surface area contributed by atoms with Crippen LogP contribution in [0.4, 0.5) is 13.2 Å². The SMILES string of the molecule is CCOC(=O)c1c(C)c(C(=O)c2ccc(Cl)cc2)n2ccc(C(F)(F)F)cc12. The molecule has 0 unspecified atom stereocenters. The van der Waals surface area contributed by atoms with Gasteiger partial charge in [0.15, 0.2) is 0 Å². The van der Waals surface area contributed by atoms with Crippen LogP contribution in [-0.2, 0) is 10.9 Å². The van der Waals surface area contributed by atoms with Gasteiger partial charge in [-0.05, 0) is 55.8 Å². The fraction of sp³-hybridized carbons (Fsp3) is 0.200. The number of halogens is 4. The van der Waals surface area contributed by atoms with Crippen LogP contribution in [0.2, 0.25) is 5.02 Å². The van der Waals surface area contributed by atoms with Crippen molar-refractivity contribution >= 4 is 28.9 Å². The van der Waals surface area contributed by atoms with E-state index in [1.807, 2.05) is 0 Å². The second kappa shape index (κ2) is 7.31. The summed E-state index contributed by atoms with van der Waals surface area (Å²) in [6.07, 6.45) is -3.46. The van der Waals surface area contributed by atoms with E-state index in [0.717, 1.165) is 18.3 Å². The fourth-order valence-corrected chi connectivity index (χ4v) is 3.16. The number of benzene rings is 1. The number of rotatable bonds is 4. The summed E-state index contributed by atoms with van der Waals surface area (Å²) in [5.74, 6) is -1.23. The van der Waals surface area contributed by atoms with Gasteiger partial charge in [0.05, 0.1) is 28.9 Å². The van der Waals surface area contributed by atoms with Crippen LogP contribution in [0, 0.1) is 6.92 Å². The quantitative estimate of drug-likeness (QED) is 0.432. The molecule has 2 aromatic heterocycles. The number of nitrogens with zero attached hydrogens (tertiary/aromatic N) is 1. The van der Waals surface area contributed by atoms with Gasteiger partial charge in [0.2, 0.25) is 5.78 Å². The van der Waals surface area contributed by atoms with Crippen molar-refractivity contribution in [2.45, 2.75) is 20.0 Å². The van der Waals surface area contributed by atoms with Crippen LogP contribution in [0.3, 0.4) is 0 Å². The minimum Gasteiger partial charge on any atom is -0.462 e. The number of carbonyl (C=O) groups is 2. The Kier molecular flexibility index (Phi) is 5.21. The maximum absolute atomic E-state index is 13.2. The second-order valence-electron chi connectivity index (χ2n) is 6.07. The van der Waals surface area contributed by atoms with Gasteiger partial charge in [-0.25, -0.2) is 4.79 Å². The first-order valence-electron chi connectivity index (χ1n) is 8.34. The molecular formula is C20H15ClF3NO3. The fourth-order valence-electron chi connectivity index (χ4n) is 3.03. The van der Waals surface area contributed by atoms with Gasteiger partial charge in [0.1, 0.15) is 0 Å². The van der Waals surface area contributed by atoms with E-state index < -0.39 is 23.5 Å². The van der Waals surface area contributed by atoms with Gasteiger partial charge in [-0.1, -0.05) is 11.6 Å². The maximum atomic E-state index is 13.2. The van der Waals surface area contributed by atoms with Crippen LogP contribution >= 0.6 is 11.6 Å². The van der Waals surface area contributed by atoms with Gasteiger partial charge in [-0.15, -0.1) is 0 Å². The van der Waals surface area contributed by atoms with Crippen LogP contribution in [0.25, 0.3) is 5.52 Å². The first-order valence-corrected chi connectivity index (χ1v) is 8.72. The Morgan fingerprint density at radius 1 is 1.14 bits per heavy atom. The molecule has 0 spiro atoms. The Balaban J connectivity index is 2.28. The Hall–Kier alpha value is -2.80. The third kappa shape index (κ3) is 3.49. The predicted octanol–water partition coefficient (Wildman–Crippen LogP) is 5.33. The molecule has 4 nitrogen and oxygen atoms in total. The number of aromatic nitrogens is 1. The lowest BCUT2D eigenvalue weighted by atomic mass is 10.0. The lowest BCUT2D eigenvalue weighted by molar-refractivity contribution is -0.137. The van der Waals surface area contributed by atoms with E-state index in [4.69, 9.17) is 16.3 Å². The highest BCUT2D eigenvalue weighted by Gasteiger charge is 2.33. The highest BCUT2D eigenvalue weighted by atomic mass is 35.5. The van der Waals surface area contributed by atoms with Crippen molar-refractivity contribution in [1.29, 1.82) is 0 Å². The summed E-state index contributed by atoms with van der Waals surface area (Å²) in [5, 5.41) is 0.440. The number of hydrogen-bond acceptors (Lipinski definition) is 3. The van der Waals surface area contributed by atoms with E-state index in [9.17, 15) is 22.8 Å². The third-order valence-corrected chi connectivity index (χ3v) is 4.56. The smallest absolute Gasteiger partial charge is 0.416 e. The molecule has 0 saturated heterocycles. The van der Waals surface area contributed by atoms with Gasteiger partial charge in [-0.2, -0.15) is 13.2 Å². The minimum absolute atomic E-state index is 0.0388. The molecule has 0 fully saturated rings. The lowest BCUT2D eigenvalue weighted by Crippen LogP contribution is -2.09. The van der Waals surface area contributed by atoms with Crippen LogP contribution in [0.1, 0.15) is 44.5 Å². The molecule has 0 radical (unpaired) electrons. The number of ketones is 1. The zero-order valence-corrected chi connectivity index (χ0v) is 15.7. The number of pyridine rings is 1. The second-order valence-corrected chi connectivity index (χ2v) is 6.51. The Morgan fingerprint density at radius 3 is 2.36 bits per heavy atom. The summed E-state index contributed by atoms with van der Waals surface area (Å²) in [6, 6.07) is 7.80. The van der Waals surface area contributed by atoms with Gasteiger partial charge in [0.25, 0.3) is 0 Å². The van der Waals surface area contributed by atoms with Crippen LogP contribution in [0.15, 0.2) is 42.6 Å². The number of carbonyl (C=O) groups excluding carboxylic acids is 2. The molecule has 3 aromatic rings. The molecule has 146 valence electrons. The number of esters is 1. The van der Waals surface area contributed by atoms with E-state index in [1.54, 1.807) is 6.92 Å². The molecule has 0 N–H and O–H groups in total. The molecule has 3 rings (SSSR count). The standard InChI is InChI=1S/C20H15ClF3NO3/c1-3-28-19(27)16-11(2)17(18(26)12-4-6-14(21)7-5-12)25-9-8-13(10-15(16)25)20(22,23)24/h4-10H,3H2,1-2H3.